The first-order valence-electron chi connectivity index (χ1n) is 8.20. The molecule has 138 valence electrons. The van der Waals surface area contributed by atoms with Crippen LogP contribution in [-0.4, -0.2) is 28.1 Å². The van der Waals surface area contributed by atoms with Gasteiger partial charge in [0, 0.05) is 29.5 Å². The van der Waals surface area contributed by atoms with E-state index in [2.05, 4.69) is 33.5 Å². The zero-order valence-corrected chi connectivity index (χ0v) is 17.0. The van der Waals surface area contributed by atoms with Crippen molar-refractivity contribution in [1.29, 1.82) is 0 Å². The van der Waals surface area contributed by atoms with E-state index >= 15 is 0 Å². The van der Waals surface area contributed by atoms with Crippen LogP contribution in [0.5, 0.6) is 11.5 Å². The summed E-state index contributed by atoms with van der Waals surface area (Å²) in [5, 5.41) is 6.14. The van der Waals surface area contributed by atoms with Gasteiger partial charge in [0.05, 0.1) is 7.11 Å². The molecule has 0 amide bonds. The normalized spacial score (nSPS) is 11.1. The van der Waals surface area contributed by atoms with Gasteiger partial charge in [-0.1, -0.05) is 35.1 Å². The fourth-order valence-electron chi connectivity index (χ4n) is 2.51. The number of benzene rings is 1. The molecule has 0 bridgehead atoms. The summed E-state index contributed by atoms with van der Waals surface area (Å²) in [5.41, 5.74) is 1.97. The van der Waals surface area contributed by atoms with E-state index in [0.717, 1.165) is 35.8 Å². The van der Waals surface area contributed by atoms with Gasteiger partial charge in [0.15, 0.2) is 11.5 Å². The Balaban J connectivity index is 1.66. The summed E-state index contributed by atoms with van der Waals surface area (Å²) in [6, 6.07) is 10.1. The van der Waals surface area contributed by atoms with E-state index in [-0.39, 0.29) is 0 Å². The van der Waals surface area contributed by atoms with Crippen molar-refractivity contribution in [3.8, 4) is 11.5 Å². The molecule has 0 atom stereocenters. The van der Waals surface area contributed by atoms with Gasteiger partial charge in [-0.05, 0) is 35.7 Å². The van der Waals surface area contributed by atoms with Gasteiger partial charge < -0.3 is 9.47 Å². The average Bonchev–Trinajstić information content (AvgIpc) is 3.32. The van der Waals surface area contributed by atoms with Crippen LogP contribution in [0.1, 0.15) is 23.1 Å². The second-order valence-electron chi connectivity index (χ2n) is 5.65. The van der Waals surface area contributed by atoms with Crippen molar-refractivity contribution >= 4 is 34.5 Å². The molecule has 0 saturated heterocycles. The highest BCUT2D eigenvalue weighted by Crippen LogP contribution is 2.30. The zero-order chi connectivity index (χ0) is 18.4. The van der Waals surface area contributed by atoms with Crippen LogP contribution in [0.4, 0.5) is 0 Å². The molecule has 0 fully saturated rings. The maximum Gasteiger partial charge on any atom is 0.161 e. The molecule has 1 aromatic carbocycles. The lowest BCUT2D eigenvalue weighted by Gasteiger charge is -2.20. The van der Waals surface area contributed by atoms with E-state index in [9.17, 15) is 0 Å². The number of rotatable bonds is 9. The Labute approximate surface area is 166 Å². The molecule has 0 aliphatic carbocycles. The fraction of sp³-hybridized carbons (Fsp3) is 0.333. The van der Waals surface area contributed by atoms with Crippen molar-refractivity contribution < 1.29 is 9.47 Å². The quantitative estimate of drug-likeness (QED) is 0.505. The van der Waals surface area contributed by atoms with Gasteiger partial charge in [-0.2, -0.15) is 0 Å². The first kappa shape index (κ1) is 19.1. The Morgan fingerprint density at radius 1 is 1.19 bits per heavy atom. The Morgan fingerprint density at radius 2 is 2.08 bits per heavy atom. The number of hydrogen-bond acceptors (Lipinski definition) is 7. The highest BCUT2D eigenvalue weighted by molar-refractivity contribution is 7.10. The summed E-state index contributed by atoms with van der Waals surface area (Å²) in [4.78, 5) is 3.44. The average molecular weight is 410 g/mol. The standard InChI is InChI=1S/C18H20ClN3O2S2/c1-3-22(11-15-18(19)26-21-20-15)10-13-6-7-16(17(9-13)23-2)24-12-14-5-4-8-25-14/h4-9H,3,10-12H2,1-2H3. The van der Waals surface area contributed by atoms with E-state index in [1.165, 1.54) is 16.4 Å². The summed E-state index contributed by atoms with van der Waals surface area (Å²) in [5.74, 6) is 1.49. The van der Waals surface area contributed by atoms with Crippen LogP contribution in [0.3, 0.4) is 0 Å². The Hall–Kier alpha value is -1.67. The number of nitrogens with zero attached hydrogens (tertiary/aromatic N) is 3. The first-order chi connectivity index (χ1) is 12.7. The lowest BCUT2D eigenvalue weighted by molar-refractivity contribution is 0.265. The van der Waals surface area contributed by atoms with Crippen molar-refractivity contribution in [2.24, 2.45) is 0 Å². The van der Waals surface area contributed by atoms with Gasteiger partial charge in [0.2, 0.25) is 0 Å². The van der Waals surface area contributed by atoms with Gasteiger partial charge in [0.1, 0.15) is 16.6 Å². The van der Waals surface area contributed by atoms with Crippen molar-refractivity contribution in [2.75, 3.05) is 13.7 Å². The number of aromatic nitrogens is 2. The molecular weight excluding hydrogens is 390 g/mol. The molecule has 3 aromatic rings. The molecular formula is C18H20ClN3O2S2. The number of hydrogen-bond donors (Lipinski definition) is 0. The Bertz CT molecular complexity index is 824. The van der Waals surface area contributed by atoms with Gasteiger partial charge in [-0.3, -0.25) is 4.90 Å². The van der Waals surface area contributed by atoms with E-state index < -0.39 is 0 Å². The smallest absolute Gasteiger partial charge is 0.161 e. The van der Waals surface area contributed by atoms with Crippen molar-refractivity contribution in [1.82, 2.24) is 14.5 Å². The van der Waals surface area contributed by atoms with Crippen LogP contribution < -0.4 is 9.47 Å². The SMILES string of the molecule is CCN(Cc1ccc(OCc2cccs2)c(OC)c1)Cc1nnsc1Cl. The minimum absolute atomic E-state index is 0.545. The van der Waals surface area contributed by atoms with Crippen LogP contribution in [0, 0.1) is 0 Å². The molecule has 0 saturated carbocycles. The van der Waals surface area contributed by atoms with Crippen molar-refractivity contribution in [3.63, 3.8) is 0 Å². The van der Waals surface area contributed by atoms with Crippen molar-refractivity contribution in [3.05, 3.63) is 56.2 Å². The lowest BCUT2D eigenvalue weighted by atomic mass is 10.2. The monoisotopic (exact) mass is 409 g/mol. The summed E-state index contributed by atoms with van der Waals surface area (Å²) in [7, 11) is 1.66. The summed E-state index contributed by atoms with van der Waals surface area (Å²) >= 11 is 9.02. The summed E-state index contributed by atoms with van der Waals surface area (Å²) in [6.45, 7) is 4.98. The molecule has 0 spiro atoms. The van der Waals surface area contributed by atoms with Crippen molar-refractivity contribution in [2.45, 2.75) is 26.6 Å². The Morgan fingerprint density at radius 3 is 2.73 bits per heavy atom. The van der Waals surface area contributed by atoms with Crippen LogP contribution >= 0.6 is 34.5 Å². The minimum atomic E-state index is 0.545. The second-order valence-corrected chi connectivity index (χ2v) is 8.04. The molecule has 0 N–H and O–H groups in total. The summed E-state index contributed by atoms with van der Waals surface area (Å²) < 4.78 is 16.0. The third kappa shape index (κ3) is 4.94. The maximum atomic E-state index is 6.12. The predicted octanol–water partition coefficient (Wildman–Crippen LogP) is 4.86. The molecule has 8 heteroatoms. The predicted molar refractivity (Wildman–Crippen MR) is 106 cm³/mol. The van der Waals surface area contributed by atoms with Gasteiger partial charge >= 0.3 is 0 Å². The van der Waals surface area contributed by atoms with Crippen LogP contribution in [0.15, 0.2) is 35.7 Å². The molecule has 26 heavy (non-hydrogen) atoms. The van der Waals surface area contributed by atoms with E-state index in [0.29, 0.717) is 17.5 Å². The number of ether oxygens (including phenoxy) is 2. The summed E-state index contributed by atoms with van der Waals surface area (Å²) in [6.07, 6.45) is 0. The van der Waals surface area contributed by atoms with Crippen LogP contribution in [0.2, 0.25) is 4.34 Å². The zero-order valence-electron chi connectivity index (χ0n) is 14.6. The van der Waals surface area contributed by atoms with E-state index in [4.69, 9.17) is 21.1 Å². The van der Waals surface area contributed by atoms with Crippen LogP contribution in [-0.2, 0) is 19.7 Å². The largest absolute Gasteiger partial charge is 0.493 e. The van der Waals surface area contributed by atoms with Crippen LogP contribution in [0.25, 0.3) is 0 Å². The molecule has 0 aliphatic rings. The van der Waals surface area contributed by atoms with Gasteiger partial charge in [-0.25, -0.2) is 0 Å². The van der Waals surface area contributed by atoms with E-state index in [1.54, 1.807) is 18.4 Å². The molecule has 0 aliphatic heterocycles. The Kier molecular flexibility index (Phi) is 6.85. The first-order valence-corrected chi connectivity index (χ1v) is 10.2. The molecule has 0 radical (unpaired) electrons. The highest BCUT2D eigenvalue weighted by atomic mass is 35.5. The highest BCUT2D eigenvalue weighted by Gasteiger charge is 2.13. The number of thiophene rings is 1. The molecule has 0 unspecified atom stereocenters. The second kappa shape index (κ2) is 9.32. The number of halogens is 1. The fourth-order valence-corrected chi connectivity index (χ4v) is 3.74. The third-order valence-corrected chi connectivity index (χ3v) is 5.75. The molecule has 3 rings (SSSR count). The van der Waals surface area contributed by atoms with Gasteiger partial charge in [0.25, 0.3) is 0 Å². The molecule has 5 nitrogen and oxygen atoms in total. The molecule has 2 aromatic heterocycles. The lowest BCUT2D eigenvalue weighted by Crippen LogP contribution is -2.22. The van der Waals surface area contributed by atoms with Gasteiger partial charge in [-0.15, -0.1) is 16.4 Å². The topological polar surface area (TPSA) is 47.5 Å². The third-order valence-electron chi connectivity index (χ3n) is 3.91. The maximum absolute atomic E-state index is 6.12. The number of methoxy groups -OCH3 is 1. The minimum Gasteiger partial charge on any atom is -0.493 e. The van der Waals surface area contributed by atoms with E-state index in [1.807, 2.05) is 23.6 Å². The molecule has 2 heterocycles.